The van der Waals surface area contributed by atoms with Crippen molar-refractivity contribution in [2.45, 2.75) is 37.5 Å². The minimum atomic E-state index is -2.20. The Kier molecular flexibility index (Phi) is 4.88. The van der Waals surface area contributed by atoms with Gasteiger partial charge < -0.3 is 0 Å². The van der Waals surface area contributed by atoms with E-state index in [4.69, 9.17) is 23.2 Å². The predicted molar refractivity (Wildman–Crippen MR) is 89.9 cm³/mol. The number of halogens is 4. The van der Waals surface area contributed by atoms with E-state index in [0.717, 1.165) is 0 Å². The highest BCUT2D eigenvalue weighted by Crippen LogP contribution is 2.45. The number of pyridine rings is 1. The highest BCUT2D eigenvalue weighted by molar-refractivity contribution is 6.42. The van der Waals surface area contributed by atoms with Crippen molar-refractivity contribution in [2.24, 2.45) is 0 Å². The van der Waals surface area contributed by atoms with Gasteiger partial charge in [-0.1, -0.05) is 41.4 Å². The summed E-state index contributed by atoms with van der Waals surface area (Å²) in [6.45, 7) is 0. The largest absolute Gasteiger partial charge is 0.296 e. The van der Waals surface area contributed by atoms with E-state index >= 15 is 4.39 Å². The second-order valence-corrected chi connectivity index (χ2v) is 6.66. The Morgan fingerprint density at radius 3 is 2.88 bits per heavy atom. The average molecular weight is 370 g/mol. The second kappa shape index (κ2) is 6.77. The number of Topliss-reactive ketones (excluding diaryl/α,β-unsaturated/α-hetero) is 1. The molecule has 1 aliphatic carbocycles. The number of benzene rings is 1. The first-order chi connectivity index (χ1) is 11.4. The Bertz CT molecular complexity index is 783. The van der Waals surface area contributed by atoms with Crippen LogP contribution in [-0.2, 0) is 16.9 Å². The van der Waals surface area contributed by atoms with Crippen molar-refractivity contribution >= 4 is 29.0 Å². The predicted octanol–water partition coefficient (Wildman–Crippen LogP) is 5.56. The molecule has 6 heteroatoms. The van der Waals surface area contributed by atoms with Gasteiger partial charge in [0.15, 0.2) is 11.5 Å². The maximum atomic E-state index is 15.4. The second-order valence-electron chi connectivity index (χ2n) is 5.88. The zero-order valence-electron chi connectivity index (χ0n) is 12.7. The first-order valence-corrected chi connectivity index (χ1v) is 8.43. The number of alkyl halides is 2. The van der Waals surface area contributed by atoms with Gasteiger partial charge in [0.25, 0.3) is 0 Å². The Hall–Kier alpha value is -1.52. The number of ketones is 1. The topological polar surface area (TPSA) is 30.0 Å². The summed E-state index contributed by atoms with van der Waals surface area (Å²) in [4.78, 5) is 16.5. The molecule has 2 aromatic rings. The molecule has 0 unspecified atom stereocenters. The van der Waals surface area contributed by atoms with Gasteiger partial charge >= 0.3 is 0 Å². The third kappa shape index (κ3) is 3.05. The highest BCUT2D eigenvalue weighted by atomic mass is 35.5. The van der Waals surface area contributed by atoms with Crippen molar-refractivity contribution in [3.63, 3.8) is 0 Å². The molecule has 2 nitrogen and oxygen atoms in total. The highest BCUT2D eigenvalue weighted by Gasteiger charge is 2.46. The molecule has 0 spiro atoms. The van der Waals surface area contributed by atoms with Crippen LogP contribution in [0.3, 0.4) is 0 Å². The summed E-state index contributed by atoms with van der Waals surface area (Å²) in [5, 5.41) is 0.762. The summed E-state index contributed by atoms with van der Waals surface area (Å²) in [7, 11) is 0. The maximum absolute atomic E-state index is 15.4. The molecular formula is C18H15Cl2F2NO. The first kappa shape index (κ1) is 17.3. The van der Waals surface area contributed by atoms with Crippen LogP contribution in [0.2, 0.25) is 10.0 Å². The van der Waals surface area contributed by atoms with Gasteiger partial charge in [-0.05, 0) is 37.0 Å². The number of nitrogens with zero attached hydrogens (tertiary/aromatic N) is 1. The number of hydrogen-bond acceptors (Lipinski definition) is 2. The summed E-state index contributed by atoms with van der Waals surface area (Å²) >= 11 is 12.0. The fourth-order valence-corrected chi connectivity index (χ4v) is 3.49. The monoisotopic (exact) mass is 369 g/mol. The Balaban J connectivity index is 1.82. The van der Waals surface area contributed by atoms with Gasteiger partial charge in [0.05, 0.1) is 15.7 Å². The Morgan fingerprint density at radius 1 is 1.29 bits per heavy atom. The lowest BCUT2D eigenvalue weighted by atomic mass is 9.78. The molecule has 1 aromatic heterocycles. The van der Waals surface area contributed by atoms with Gasteiger partial charge in [-0.15, -0.1) is 0 Å². The van der Waals surface area contributed by atoms with Crippen molar-refractivity contribution in [1.29, 1.82) is 0 Å². The van der Waals surface area contributed by atoms with Gasteiger partial charge in [0.2, 0.25) is 0 Å². The van der Waals surface area contributed by atoms with Crippen LogP contribution in [0.1, 0.15) is 42.3 Å². The molecule has 0 saturated heterocycles. The van der Waals surface area contributed by atoms with E-state index in [2.05, 4.69) is 4.98 Å². The fourth-order valence-electron chi connectivity index (χ4n) is 3.08. The number of carbonyl (C=O) groups excluding carboxylic acids is 1. The first-order valence-electron chi connectivity index (χ1n) is 7.68. The quantitative estimate of drug-likeness (QED) is 0.705. The third-order valence-electron chi connectivity index (χ3n) is 4.40. The van der Waals surface area contributed by atoms with E-state index in [-0.39, 0.29) is 36.9 Å². The van der Waals surface area contributed by atoms with Crippen molar-refractivity contribution in [2.75, 3.05) is 0 Å². The molecule has 0 aliphatic heterocycles. The van der Waals surface area contributed by atoms with Gasteiger partial charge in [0, 0.05) is 18.2 Å². The molecule has 0 bridgehead atoms. The van der Waals surface area contributed by atoms with Crippen LogP contribution in [0.15, 0.2) is 36.5 Å². The molecule has 0 fully saturated rings. The van der Waals surface area contributed by atoms with Gasteiger partial charge in [0.1, 0.15) is 6.17 Å². The average Bonchev–Trinajstić information content (AvgIpc) is 2.59. The molecule has 1 aromatic carbocycles. The molecule has 0 N–H and O–H groups in total. The van der Waals surface area contributed by atoms with E-state index in [1.807, 2.05) is 0 Å². The van der Waals surface area contributed by atoms with Crippen LogP contribution in [0, 0.1) is 0 Å². The number of rotatable bonds is 4. The molecule has 2 atom stereocenters. The van der Waals surface area contributed by atoms with E-state index in [1.165, 1.54) is 18.3 Å². The minimum absolute atomic E-state index is 0.0281. The zero-order chi connectivity index (χ0) is 17.3. The number of fused-ring (bicyclic) bond motifs is 1. The van der Waals surface area contributed by atoms with Crippen LogP contribution >= 0.6 is 23.2 Å². The lowest BCUT2D eigenvalue weighted by Crippen LogP contribution is -2.36. The van der Waals surface area contributed by atoms with Gasteiger partial charge in [-0.25, -0.2) is 8.78 Å². The van der Waals surface area contributed by atoms with Crippen molar-refractivity contribution in [3.05, 3.63) is 63.4 Å². The number of aromatic nitrogens is 1. The molecule has 1 aliphatic rings. The van der Waals surface area contributed by atoms with Crippen LogP contribution < -0.4 is 0 Å². The molecule has 126 valence electrons. The molecule has 24 heavy (non-hydrogen) atoms. The summed E-state index contributed by atoms with van der Waals surface area (Å²) in [5.74, 6) is -0.584. The number of carbonyl (C=O) groups is 1. The Morgan fingerprint density at radius 2 is 2.08 bits per heavy atom. The summed E-state index contributed by atoms with van der Waals surface area (Å²) < 4.78 is 29.4. The van der Waals surface area contributed by atoms with Crippen LogP contribution in [0.25, 0.3) is 0 Å². The molecule has 0 radical (unpaired) electrons. The normalized spacial score (nSPS) is 22.9. The van der Waals surface area contributed by atoms with Crippen LogP contribution in [0.5, 0.6) is 0 Å². The minimum Gasteiger partial charge on any atom is -0.296 e. The number of aryl methyl sites for hydroxylation is 1. The molecule has 0 saturated carbocycles. The van der Waals surface area contributed by atoms with Crippen molar-refractivity contribution in [1.82, 2.24) is 4.98 Å². The molecular weight excluding hydrogens is 355 g/mol. The Labute approximate surface area is 148 Å². The van der Waals surface area contributed by atoms with E-state index in [1.54, 1.807) is 18.2 Å². The van der Waals surface area contributed by atoms with E-state index in [0.29, 0.717) is 15.6 Å². The van der Waals surface area contributed by atoms with Gasteiger partial charge in [-0.3, -0.25) is 9.78 Å². The summed E-state index contributed by atoms with van der Waals surface area (Å²) in [5.41, 5.74) is -1.44. The SMILES string of the molecule is O=C(CCc1cccc(Cl)c1Cl)[C@@]1(F)CC[C@H](F)c2ncccc21. The molecule has 0 amide bonds. The van der Waals surface area contributed by atoms with Crippen molar-refractivity contribution in [3.8, 4) is 0 Å². The maximum Gasteiger partial charge on any atom is 0.195 e. The molecule has 1 heterocycles. The number of hydrogen-bond donors (Lipinski definition) is 0. The zero-order valence-corrected chi connectivity index (χ0v) is 14.2. The van der Waals surface area contributed by atoms with Crippen LogP contribution in [0.4, 0.5) is 8.78 Å². The standard InChI is InChI=1S/C18H15Cl2F2NO/c19-13-5-1-3-11(16(13)20)6-7-15(24)18(22)9-8-14(21)17-12(18)4-2-10-23-17/h1-5,10,14H,6-9H2/t14-,18+/m0/s1. The summed E-state index contributed by atoms with van der Waals surface area (Å²) in [6.07, 6.45) is 0.0904. The lowest BCUT2D eigenvalue weighted by molar-refractivity contribution is -0.132. The van der Waals surface area contributed by atoms with Crippen molar-refractivity contribution < 1.29 is 13.6 Å². The van der Waals surface area contributed by atoms with Crippen LogP contribution in [-0.4, -0.2) is 10.8 Å². The van der Waals surface area contributed by atoms with Gasteiger partial charge in [-0.2, -0.15) is 0 Å². The fraction of sp³-hybridized carbons (Fsp3) is 0.333. The van der Waals surface area contributed by atoms with E-state index < -0.39 is 17.6 Å². The smallest absolute Gasteiger partial charge is 0.195 e. The van der Waals surface area contributed by atoms with E-state index in [9.17, 15) is 9.18 Å². The third-order valence-corrected chi connectivity index (χ3v) is 5.26. The molecule has 3 rings (SSSR count). The summed E-state index contributed by atoms with van der Waals surface area (Å²) in [6, 6.07) is 8.09. The lowest BCUT2D eigenvalue weighted by Gasteiger charge is -2.31.